The zero-order valence-corrected chi connectivity index (χ0v) is 12.7. The van der Waals surface area contributed by atoms with Gasteiger partial charge in [-0.3, -0.25) is 4.79 Å². The number of hydrogen-bond acceptors (Lipinski definition) is 4. The van der Waals surface area contributed by atoms with Crippen LogP contribution in [0.5, 0.6) is 5.75 Å². The molecule has 0 bridgehead atoms. The topological polar surface area (TPSA) is 55.8 Å². The van der Waals surface area contributed by atoms with Gasteiger partial charge in [0.15, 0.2) is 0 Å². The van der Waals surface area contributed by atoms with Gasteiger partial charge in [-0.25, -0.2) is 4.79 Å². The number of hydrogen-bond donors (Lipinski definition) is 0. The van der Waals surface area contributed by atoms with Crippen molar-refractivity contribution in [2.45, 2.75) is 19.3 Å². The van der Waals surface area contributed by atoms with Crippen molar-refractivity contribution >= 4 is 11.9 Å². The van der Waals surface area contributed by atoms with Crippen LogP contribution in [0.15, 0.2) is 35.5 Å². The molecule has 112 valence electrons. The van der Waals surface area contributed by atoms with Gasteiger partial charge in [0.05, 0.1) is 19.8 Å². The van der Waals surface area contributed by atoms with Gasteiger partial charge in [-0.15, -0.1) is 0 Å². The summed E-state index contributed by atoms with van der Waals surface area (Å²) in [5.41, 5.74) is 1.94. The van der Waals surface area contributed by atoms with E-state index in [-0.39, 0.29) is 18.2 Å². The minimum atomic E-state index is -0.414. The molecule has 1 aliphatic rings. The average Bonchev–Trinajstić information content (AvgIpc) is 2.51. The van der Waals surface area contributed by atoms with Gasteiger partial charge in [-0.1, -0.05) is 18.2 Å². The van der Waals surface area contributed by atoms with E-state index in [0.29, 0.717) is 17.0 Å². The largest absolute Gasteiger partial charge is 0.496 e. The second-order valence-corrected chi connectivity index (χ2v) is 4.94. The van der Waals surface area contributed by atoms with E-state index in [1.165, 1.54) is 12.0 Å². The molecule has 0 N–H and O–H groups in total. The average molecular weight is 289 g/mol. The van der Waals surface area contributed by atoms with E-state index < -0.39 is 5.97 Å². The molecular weight excluding hydrogens is 270 g/mol. The lowest BCUT2D eigenvalue weighted by Gasteiger charge is -2.32. The third-order valence-electron chi connectivity index (χ3n) is 3.91. The Bertz CT molecular complexity index is 606. The van der Waals surface area contributed by atoms with Gasteiger partial charge < -0.3 is 14.4 Å². The molecule has 5 nitrogen and oxygen atoms in total. The number of para-hydroxylation sites is 1. The van der Waals surface area contributed by atoms with Gasteiger partial charge in [0, 0.05) is 30.6 Å². The van der Waals surface area contributed by atoms with E-state index in [4.69, 9.17) is 9.47 Å². The summed E-state index contributed by atoms with van der Waals surface area (Å²) in [6.07, 6.45) is 0.221. The number of nitrogens with zero attached hydrogens (tertiary/aromatic N) is 1. The van der Waals surface area contributed by atoms with Crippen LogP contribution in [0.2, 0.25) is 0 Å². The maximum Gasteiger partial charge on any atom is 0.336 e. The van der Waals surface area contributed by atoms with Crippen molar-refractivity contribution in [3.63, 3.8) is 0 Å². The molecule has 1 aliphatic heterocycles. The molecule has 0 aromatic heterocycles. The maximum absolute atomic E-state index is 12.2. The van der Waals surface area contributed by atoms with Gasteiger partial charge in [0.2, 0.25) is 5.91 Å². The fourth-order valence-electron chi connectivity index (χ4n) is 2.65. The second-order valence-electron chi connectivity index (χ2n) is 4.94. The Labute approximate surface area is 124 Å². The SMILES string of the molecule is COC(=O)C1=C(C)N(C)C(=O)CC1c1ccccc1OC. The summed E-state index contributed by atoms with van der Waals surface area (Å²) < 4.78 is 10.3. The Kier molecular flexibility index (Phi) is 4.31. The Hall–Kier alpha value is -2.30. The molecule has 21 heavy (non-hydrogen) atoms. The van der Waals surface area contributed by atoms with Crippen molar-refractivity contribution in [3.8, 4) is 5.75 Å². The molecule has 0 saturated carbocycles. The van der Waals surface area contributed by atoms with Crippen LogP contribution in [-0.4, -0.2) is 38.0 Å². The van der Waals surface area contributed by atoms with Gasteiger partial charge >= 0.3 is 5.97 Å². The van der Waals surface area contributed by atoms with Gasteiger partial charge in [-0.05, 0) is 13.0 Å². The first-order chi connectivity index (χ1) is 10.0. The number of esters is 1. The van der Waals surface area contributed by atoms with Crippen LogP contribution in [0.1, 0.15) is 24.8 Å². The number of methoxy groups -OCH3 is 2. The Morgan fingerprint density at radius 3 is 2.57 bits per heavy atom. The summed E-state index contributed by atoms with van der Waals surface area (Å²) in [5.74, 6) is -0.134. The summed E-state index contributed by atoms with van der Waals surface area (Å²) in [7, 11) is 4.58. The molecule has 0 spiro atoms. The highest BCUT2D eigenvalue weighted by molar-refractivity contribution is 5.95. The first-order valence-corrected chi connectivity index (χ1v) is 6.69. The van der Waals surface area contributed by atoms with E-state index in [2.05, 4.69) is 0 Å². The van der Waals surface area contributed by atoms with Gasteiger partial charge in [0.25, 0.3) is 0 Å². The van der Waals surface area contributed by atoms with E-state index in [0.717, 1.165) is 5.56 Å². The maximum atomic E-state index is 12.2. The summed E-state index contributed by atoms with van der Waals surface area (Å²) in [4.78, 5) is 25.8. The molecule has 0 radical (unpaired) electrons. The molecule has 0 fully saturated rings. The van der Waals surface area contributed by atoms with Crippen LogP contribution >= 0.6 is 0 Å². The van der Waals surface area contributed by atoms with Crippen molar-refractivity contribution < 1.29 is 19.1 Å². The summed E-state index contributed by atoms with van der Waals surface area (Å²) in [6, 6.07) is 7.42. The zero-order chi connectivity index (χ0) is 15.6. The highest BCUT2D eigenvalue weighted by Crippen LogP contribution is 2.39. The van der Waals surface area contributed by atoms with Crippen molar-refractivity contribution in [3.05, 3.63) is 41.1 Å². The Morgan fingerprint density at radius 1 is 1.29 bits per heavy atom. The van der Waals surface area contributed by atoms with Crippen molar-refractivity contribution in [1.82, 2.24) is 4.90 Å². The molecule has 5 heteroatoms. The van der Waals surface area contributed by atoms with Crippen LogP contribution < -0.4 is 4.74 Å². The van der Waals surface area contributed by atoms with Crippen molar-refractivity contribution in [1.29, 1.82) is 0 Å². The number of benzene rings is 1. The number of rotatable bonds is 3. The first kappa shape index (κ1) is 15.1. The molecule has 1 unspecified atom stereocenters. The fraction of sp³-hybridized carbons (Fsp3) is 0.375. The van der Waals surface area contributed by atoms with Crippen LogP contribution in [0.25, 0.3) is 0 Å². The smallest absolute Gasteiger partial charge is 0.336 e. The van der Waals surface area contributed by atoms with Crippen LogP contribution in [0.3, 0.4) is 0 Å². The molecule has 0 saturated heterocycles. The number of ether oxygens (including phenoxy) is 2. The second kappa shape index (κ2) is 5.99. The lowest BCUT2D eigenvalue weighted by Crippen LogP contribution is -2.35. The number of amides is 1. The molecule has 1 aromatic carbocycles. The van der Waals surface area contributed by atoms with Crippen LogP contribution in [-0.2, 0) is 14.3 Å². The Balaban J connectivity index is 2.59. The zero-order valence-electron chi connectivity index (χ0n) is 12.7. The highest BCUT2D eigenvalue weighted by atomic mass is 16.5. The lowest BCUT2D eigenvalue weighted by molar-refractivity contribution is -0.137. The number of carbonyl (C=O) groups excluding carboxylic acids is 2. The summed E-state index contributed by atoms with van der Waals surface area (Å²) >= 11 is 0. The number of carbonyl (C=O) groups is 2. The quantitative estimate of drug-likeness (QED) is 0.800. The van der Waals surface area contributed by atoms with E-state index in [1.54, 1.807) is 21.1 Å². The van der Waals surface area contributed by atoms with Crippen molar-refractivity contribution in [2.75, 3.05) is 21.3 Å². The molecule has 1 atom stereocenters. The molecule has 1 aromatic rings. The van der Waals surface area contributed by atoms with E-state index in [9.17, 15) is 9.59 Å². The Morgan fingerprint density at radius 2 is 1.95 bits per heavy atom. The van der Waals surface area contributed by atoms with Gasteiger partial charge in [0.1, 0.15) is 5.75 Å². The molecular formula is C16H19NO4. The number of allylic oxidation sites excluding steroid dienone is 1. The monoisotopic (exact) mass is 289 g/mol. The predicted octanol–water partition coefficient (Wildman–Crippen LogP) is 2.09. The fourth-order valence-corrected chi connectivity index (χ4v) is 2.65. The minimum absolute atomic E-state index is 0.0314. The molecule has 2 rings (SSSR count). The molecule has 1 heterocycles. The standard InChI is InChI=1S/C16H19NO4/c1-10-15(16(19)21-4)12(9-14(18)17(10)2)11-7-5-6-8-13(11)20-3/h5-8,12H,9H2,1-4H3. The minimum Gasteiger partial charge on any atom is -0.496 e. The van der Waals surface area contributed by atoms with Crippen LogP contribution in [0, 0.1) is 0 Å². The third-order valence-corrected chi connectivity index (χ3v) is 3.91. The van der Waals surface area contributed by atoms with E-state index in [1.807, 2.05) is 24.3 Å². The van der Waals surface area contributed by atoms with E-state index >= 15 is 0 Å². The molecule has 0 aliphatic carbocycles. The summed E-state index contributed by atoms with van der Waals surface area (Å²) in [5, 5.41) is 0. The third kappa shape index (κ3) is 2.63. The highest BCUT2D eigenvalue weighted by Gasteiger charge is 2.36. The van der Waals surface area contributed by atoms with Crippen LogP contribution in [0.4, 0.5) is 0 Å². The van der Waals surface area contributed by atoms with Gasteiger partial charge in [-0.2, -0.15) is 0 Å². The summed E-state index contributed by atoms with van der Waals surface area (Å²) in [6.45, 7) is 1.76. The predicted molar refractivity (Wildman–Crippen MR) is 77.8 cm³/mol. The first-order valence-electron chi connectivity index (χ1n) is 6.69. The molecule has 1 amide bonds. The lowest BCUT2D eigenvalue weighted by atomic mass is 9.83. The normalized spacial score (nSPS) is 18.8. The van der Waals surface area contributed by atoms with Crippen molar-refractivity contribution in [2.24, 2.45) is 0 Å².